The van der Waals surface area contributed by atoms with Crippen molar-refractivity contribution in [1.82, 2.24) is 5.32 Å². The fourth-order valence-electron chi connectivity index (χ4n) is 2.00. The topological polar surface area (TPSA) is 98.8 Å². The maximum absolute atomic E-state index is 11.1. The number of rotatable bonds is 2. The number of nitrogens with one attached hydrogen (secondary N) is 1. The third-order valence-corrected chi connectivity index (χ3v) is 3.05. The lowest BCUT2D eigenvalue weighted by Gasteiger charge is -2.07. The van der Waals surface area contributed by atoms with Crippen LogP contribution in [-0.2, 0) is 0 Å². The molecular weight excluding hydrogens is 282 g/mol. The zero-order valence-corrected chi connectivity index (χ0v) is 11.4. The Bertz CT molecular complexity index is 867. The van der Waals surface area contributed by atoms with Crippen LogP contribution in [0.25, 0.3) is 10.8 Å². The van der Waals surface area contributed by atoms with E-state index in [2.05, 4.69) is 32.3 Å². The third kappa shape index (κ3) is 2.59. The van der Waals surface area contributed by atoms with E-state index < -0.39 is 6.03 Å². The molecule has 0 saturated heterocycles. The van der Waals surface area contributed by atoms with E-state index >= 15 is 0 Å². The molecule has 3 rings (SSSR count). The number of phenols is 1. The van der Waals surface area contributed by atoms with Gasteiger partial charge in [0, 0.05) is 5.56 Å². The summed E-state index contributed by atoms with van der Waals surface area (Å²) in [6.45, 7) is 3.59. The molecule has 22 heavy (non-hydrogen) atoms. The zero-order valence-electron chi connectivity index (χ0n) is 11.4. The summed E-state index contributed by atoms with van der Waals surface area (Å²) in [4.78, 5) is 11.1. The SMILES string of the molecule is C=C1N=NC(=O)N/C1=N/N=C/c1c(O)ccc2ccccc12. The summed E-state index contributed by atoms with van der Waals surface area (Å²) >= 11 is 0. The van der Waals surface area contributed by atoms with Crippen LogP contribution in [0.4, 0.5) is 4.79 Å². The standard InChI is InChI=1S/C15H11N5O2/c1-9-14(17-15(22)20-18-9)19-16-8-12-11-5-3-2-4-10(11)6-7-13(12)21/h2-8,21H,1H2,(H,17,19,22)/b16-8+. The lowest BCUT2D eigenvalue weighted by molar-refractivity contribution is 0.251. The fourth-order valence-corrected chi connectivity index (χ4v) is 2.00. The number of amidine groups is 1. The second-order valence-electron chi connectivity index (χ2n) is 4.49. The number of phenolic OH excluding ortho intramolecular Hbond substituents is 1. The molecule has 0 spiro atoms. The number of hydrogen-bond acceptors (Lipinski definition) is 5. The molecule has 2 aromatic carbocycles. The molecule has 1 heterocycles. The van der Waals surface area contributed by atoms with Gasteiger partial charge in [-0.05, 0) is 16.8 Å². The van der Waals surface area contributed by atoms with Crippen molar-refractivity contribution < 1.29 is 9.90 Å². The van der Waals surface area contributed by atoms with Gasteiger partial charge in [0.15, 0.2) is 5.84 Å². The molecular formula is C15H11N5O2. The molecule has 0 saturated carbocycles. The van der Waals surface area contributed by atoms with Crippen molar-refractivity contribution in [1.29, 1.82) is 0 Å². The van der Waals surface area contributed by atoms with Crippen molar-refractivity contribution in [2.75, 3.05) is 0 Å². The van der Waals surface area contributed by atoms with Crippen LogP contribution in [0.15, 0.2) is 69.1 Å². The minimum Gasteiger partial charge on any atom is -0.507 e. The minimum absolute atomic E-state index is 0.0915. The molecule has 0 radical (unpaired) electrons. The lowest BCUT2D eigenvalue weighted by Crippen LogP contribution is -2.31. The van der Waals surface area contributed by atoms with Crippen molar-refractivity contribution in [3.63, 3.8) is 0 Å². The highest BCUT2D eigenvalue weighted by Gasteiger charge is 2.14. The van der Waals surface area contributed by atoms with Gasteiger partial charge in [-0.1, -0.05) is 42.0 Å². The zero-order chi connectivity index (χ0) is 15.5. The van der Waals surface area contributed by atoms with E-state index in [0.29, 0.717) is 5.56 Å². The van der Waals surface area contributed by atoms with Gasteiger partial charge in [-0.2, -0.15) is 5.10 Å². The highest BCUT2D eigenvalue weighted by molar-refractivity contribution is 6.09. The summed E-state index contributed by atoms with van der Waals surface area (Å²) in [7, 11) is 0. The number of carbonyl (C=O) groups excluding carboxylic acids is 1. The van der Waals surface area contributed by atoms with Gasteiger partial charge in [0.05, 0.1) is 6.21 Å². The molecule has 2 amide bonds. The van der Waals surface area contributed by atoms with Crippen molar-refractivity contribution in [3.05, 3.63) is 54.2 Å². The molecule has 0 unspecified atom stereocenters. The summed E-state index contributed by atoms with van der Waals surface area (Å²) in [6.07, 6.45) is 1.41. The highest BCUT2D eigenvalue weighted by atomic mass is 16.3. The Morgan fingerprint density at radius 2 is 2.00 bits per heavy atom. The van der Waals surface area contributed by atoms with E-state index in [-0.39, 0.29) is 17.3 Å². The molecule has 0 fully saturated rings. The molecule has 7 nitrogen and oxygen atoms in total. The van der Waals surface area contributed by atoms with Gasteiger partial charge in [0.25, 0.3) is 0 Å². The van der Waals surface area contributed by atoms with Crippen molar-refractivity contribution in [2.45, 2.75) is 0 Å². The number of benzene rings is 2. The summed E-state index contributed by atoms with van der Waals surface area (Å²) in [6, 6.07) is 10.4. The molecule has 108 valence electrons. The van der Waals surface area contributed by atoms with Gasteiger partial charge in [0.1, 0.15) is 11.4 Å². The fraction of sp³-hybridized carbons (Fsp3) is 0. The minimum atomic E-state index is -0.630. The monoisotopic (exact) mass is 293 g/mol. The summed E-state index contributed by atoms with van der Waals surface area (Å²) in [5.74, 6) is 0.213. The van der Waals surface area contributed by atoms with Crippen LogP contribution in [-0.4, -0.2) is 23.2 Å². The van der Waals surface area contributed by atoms with Crippen molar-refractivity contribution >= 4 is 28.9 Å². The molecule has 0 aliphatic carbocycles. The second kappa shape index (κ2) is 5.57. The van der Waals surface area contributed by atoms with Crippen LogP contribution in [0.1, 0.15) is 5.56 Å². The largest absolute Gasteiger partial charge is 0.507 e. The summed E-state index contributed by atoms with van der Waals surface area (Å²) in [5.41, 5.74) is 0.746. The predicted molar refractivity (Wildman–Crippen MR) is 83.2 cm³/mol. The quantitative estimate of drug-likeness (QED) is 0.657. The van der Waals surface area contributed by atoms with Crippen LogP contribution < -0.4 is 5.32 Å². The average molecular weight is 293 g/mol. The number of carbonyl (C=O) groups is 1. The summed E-state index contributed by atoms with van der Waals surface area (Å²) < 4.78 is 0. The van der Waals surface area contributed by atoms with Gasteiger partial charge < -0.3 is 5.11 Å². The van der Waals surface area contributed by atoms with E-state index in [1.165, 1.54) is 6.21 Å². The third-order valence-electron chi connectivity index (χ3n) is 3.05. The first-order valence-corrected chi connectivity index (χ1v) is 6.39. The first kappa shape index (κ1) is 13.6. The van der Waals surface area contributed by atoms with Gasteiger partial charge in [-0.15, -0.1) is 10.2 Å². The van der Waals surface area contributed by atoms with E-state index in [1.807, 2.05) is 30.3 Å². The number of fused-ring (bicyclic) bond motifs is 1. The smallest absolute Gasteiger partial charge is 0.365 e. The number of hydrogen-bond donors (Lipinski definition) is 2. The van der Waals surface area contributed by atoms with E-state index in [9.17, 15) is 9.90 Å². The van der Waals surface area contributed by atoms with Gasteiger partial charge >= 0.3 is 6.03 Å². The molecule has 0 atom stereocenters. The van der Waals surface area contributed by atoms with Gasteiger partial charge in [-0.3, -0.25) is 5.32 Å². The molecule has 1 aliphatic heterocycles. The van der Waals surface area contributed by atoms with Crippen LogP contribution in [0.2, 0.25) is 0 Å². The van der Waals surface area contributed by atoms with E-state index in [1.54, 1.807) is 6.07 Å². The Balaban J connectivity index is 1.96. The number of azo groups is 1. The highest BCUT2D eigenvalue weighted by Crippen LogP contribution is 2.25. The summed E-state index contributed by atoms with van der Waals surface area (Å²) in [5, 5.41) is 28.7. The van der Waals surface area contributed by atoms with Gasteiger partial charge in [0.2, 0.25) is 0 Å². The Labute approximate surface area is 125 Å². The Kier molecular flexibility index (Phi) is 3.45. The van der Waals surface area contributed by atoms with Crippen LogP contribution in [0.5, 0.6) is 5.75 Å². The number of aromatic hydroxyl groups is 1. The van der Waals surface area contributed by atoms with Crippen molar-refractivity contribution in [3.8, 4) is 5.75 Å². The van der Waals surface area contributed by atoms with Crippen molar-refractivity contribution in [2.24, 2.45) is 20.4 Å². The van der Waals surface area contributed by atoms with Crippen LogP contribution >= 0.6 is 0 Å². The molecule has 1 aliphatic rings. The number of nitrogens with zero attached hydrogens (tertiary/aromatic N) is 4. The molecule has 7 heteroatoms. The molecule has 0 aromatic heterocycles. The normalized spacial score (nSPS) is 16.6. The maximum Gasteiger partial charge on any atom is 0.365 e. The lowest BCUT2D eigenvalue weighted by atomic mass is 10.0. The molecule has 0 bridgehead atoms. The number of amides is 2. The first-order chi connectivity index (χ1) is 10.6. The predicted octanol–water partition coefficient (Wildman–Crippen LogP) is 2.97. The first-order valence-electron chi connectivity index (χ1n) is 6.39. The van der Waals surface area contributed by atoms with E-state index in [4.69, 9.17) is 0 Å². The van der Waals surface area contributed by atoms with Gasteiger partial charge in [-0.25, -0.2) is 4.79 Å². The maximum atomic E-state index is 11.1. The van der Waals surface area contributed by atoms with Crippen LogP contribution in [0, 0.1) is 0 Å². The average Bonchev–Trinajstić information content (AvgIpc) is 2.53. The van der Waals surface area contributed by atoms with Crippen LogP contribution in [0.3, 0.4) is 0 Å². The number of urea groups is 1. The Hall–Kier alpha value is -3.35. The Morgan fingerprint density at radius 3 is 2.86 bits per heavy atom. The Morgan fingerprint density at radius 1 is 1.18 bits per heavy atom. The second-order valence-corrected chi connectivity index (χ2v) is 4.49. The molecule has 2 aromatic rings. The molecule has 2 N–H and O–H groups in total. The van der Waals surface area contributed by atoms with E-state index in [0.717, 1.165) is 10.8 Å².